The molecule has 0 radical (unpaired) electrons. The maximum Gasteiger partial charge on any atom is 0.162 e. The van der Waals surface area contributed by atoms with Crippen LogP contribution in [0.5, 0.6) is 0 Å². The minimum atomic E-state index is -0.267. The van der Waals surface area contributed by atoms with E-state index in [0.717, 1.165) is 0 Å². The van der Waals surface area contributed by atoms with Crippen molar-refractivity contribution in [2.45, 2.75) is 19.3 Å². The van der Waals surface area contributed by atoms with E-state index in [-0.39, 0.29) is 11.6 Å². The van der Waals surface area contributed by atoms with E-state index in [0.29, 0.717) is 35.4 Å². The second-order valence-electron chi connectivity index (χ2n) is 4.38. The van der Waals surface area contributed by atoms with Crippen molar-refractivity contribution in [3.05, 3.63) is 70.5 Å². The van der Waals surface area contributed by atoms with Gasteiger partial charge in [-0.15, -0.1) is 0 Å². The van der Waals surface area contributed by atoms with Crippen molar-refractivity contribution >= 4 is 17.4 Å². The molecule has 0 heterocycles. The summed E-state index contributed by atoms with van der Waals surface area (Å²) in [5.41, 5.74) is 1.27. The third-order valence-electron chi connectivity index (χ3n) is 2.95. The van der Waals surface area contributed by atoms with Gasteiger partial charge in [-0.25, -0.2) is 4.39 Å². The first-order valence-corrected chi connectivity index (χ1v) is 6.57. The lowest BCUT2D eigenvalue weighted by Gasteiger charge is -2.04. The molecule has 0 aliphatic heterocycles. The summed E-state index contributed by atoms with van der Waals surface area (Å²) < 4.78 is 13.5. The van der Waals surface area contributed by atoms with Gasteiger partial charge in [0, 0.05) is 17.0 Å². The third kappa shape index (κ3) is 3.90. The highest BCUT2D eigenvalue weighted by Crippen LogP contribution is 2.17. The molecule has 0 N–H and O–H groups in total. The lowest BCUT2D eigenvalue weighted by atomic mass is 10.0. The van der Waals surface area contributed by atoms with E-state index in [2.05, 4.69) is 0 Å². The van der Waals surface area contributed by atoms with E-state index in [4.69, 9.17) is 11.6 Å². The van der Waals surface area contributed by atoms with Gasteiger partial charge in [-0.05, 0) is 36.6 Å². The maximum atomic E-state index is 13.5. The quantitative estimate of drug-likeness (QED) is 0.725. The number of rotatable bonds is 5. The van der Waals surface area contributed by atoms with Crippen LogP contribution >= 0.6 is 11.6 Å². The molecule has 19 heavy (non-hydrogen) atoms. The van der Waals surface area contributed by atoms with Crippen LogP contribution in [0, 0.1) is 5.82 Å². The van der Waals surface area contributed by atoms with Crippen LogP contribution in [0.3, 0.4) is 0 Å². The molecule has 3 heteroatoms. The fourth-order valence-electron chi connectivity index (χ4n) is 1.94. The Morgan fingerprint density at radius 3 is 2.58 bits per heavy atom. The highest BCUT2D eigenvalue weighted by Gasteiger charge is 2.07. The van der Waals surface area contributed by atoms with Crippen molar-refractivity contribution in [1.29, 1.82) is 0 Å². The zero-order valence-electron chi connectivity index (χ0n) is 10.4. The maximum absolute atomic E-state index is 13.5. The number of carbonyl (C=O) groups is 1. The molecule has 2 aromatic rings. The molecule has 0 aromatic heterocycles. The Morgan fingerprint density at radius 2 is 1.84 bits per heavy atom. The molecule has 0 fully saturated rings. The first-order chi connectivity index (χ1) is 9.16. The van der Waals surface area contributed by atoms with Crippen LogP contribution in [0.15, 0.2) is 48.5 Å². The van der Waals surface area contributed by atoms with Crippen molar-refractivity contribution < 1.29 is 9.18 Å². The first-order valence-electron chi connectivity index (χ1n) is 6.19. The summed E-state index contributed by atoms with van der Waals surface area (Å²) in [5, 5.41) is 0.519. The summed E-state index contributed by atoms with van der Waals surface area (Å²) in [4.78, 5) is 11.9. The van der Waals surface area contributed by atoms with Crippen molar-refractivity contribution in [2.75, 3.05) is 0 Å². The van der Waals surface area contributed by atoms with Gasteiger partial charge in [-0.3, -0.25) is 4.79 Å². The Balaban J connectivity index is 1.90. The minimum Gasteiger partial charge on any atom is -0.294 e. The predicted molar refractivity (Wildman–Crippen MR) is 75.1 cm³/mol. The molecule has 0 atom stereocenters. The minimum absolute atomic E-state index is 0.0861. The van der Waals surface area contributed by atoms with E-state index in [1.807, 2.05) is 18.2 Å². The zero-order valence-corrected chi connectivity index (χ0v) is 11.2. The summed E-state index contributed by atoms with van der Waals surface area (Å²) in [7, 11) is 0. The molecular weight excluding hydrogens is 263 g/mol. The highest BCUT2D eigenvalue weighted by molar-refractivity contribution is 6.30. The van der Waals surface area contributed by atoms with Crippen LogP contribution in [-0.2, 0) is 6.42 Å². The average Bonchev–Trinajstić information content (AvgIpc) is 2.43. The number of hydrogen-bond acceptors (Lipinski definition) is 1. The molecule has 2 aromatic carbocycles. The van der Waals surface area contributed by atoms with Crippen molar-refractivity contribution in [1.82, 2.24) is 0 Å². The first kappa shape index (κ1) is 13.8. The number of carbonyl (C=O) groups excluding carboxylic acids is 1. The molecule has 0 unspecified atom stereocenters. The smallest absolute Gasteiger partial charge is 0.162 e. The van der Waals surface area contributed by atoms with Crippen molar-refractivity contribution in [2.24, 2.45) is 0 Å². The number of aryl methyl sites for hydroxylation is 1. The van der Waals surface area contributed by atoms with E-state index in [1.165, 1.54) is 12.1 Å². The summed E-state index contributed by atoms with van der Waals surface area (Å²) in [6.45, 7) is 0. The van der Waals surface area contributed by atoms with Gasteiger partial charge < -0.3 is 0 Å². The van der Waals surface area contributed by atoms with Crippen LogP contribution < -0.4 is 0 Å². The number of ketones is 1. The predicted octanol–water partition coefficient (Wildman–Crippen LogP) is 4.68. The molecular formula is C16H14ClFO. The number of Topliss-reactive ketones (excluding diaryl/α,β-unsaturated/α-hetero) is 1. The molecule has 1 nitrogen and oxygen atoms in total. The summed E-state index contributed by atoms with van der Waals surface area (Å²) in [6.07, 6.45) is 1.55. The van der Waals surface area contributed by atoms with Gasteiger partial charge in [-0.1, -0.05) is 41.9 Å². The fourth-order valence-corrected chi connectivity index (χ4v) is 2.14. The van der Waals surface area contributed by atoms with Crippen LogP contribution in [0.25, 0.3) is 0 Å². The fraction of sp³-hybridized carbons (Fsp3) is 0.188. The highest BCUT2D eigenvalue weighted by atomic mass is 35.5. The Morgan fingerprint density at radius 1 is 1.11 bits per heavy atom. The topological polar surface area (TPSA) is 17.1 Å². The average molecular weight is 277 g/mol. The molecule has 98 valence electrons. The van der Waals surface area contributed by atoms with Gasteiger partial charge in [0.2, 0.25) is 0 Å². The molecule has 0 bridgehead atoms. The number of hydrogen-bond donors (Lipinski definition) is 0. The lowest BCUT2D eigenvalue weighted by Crippen LogP contribution is -2.00. The van der Waals surface area contributed by atoms with E-state index in [9.17, 15) is 9.18 Å². The molecule has 0 amide bonds. The number of halogens is 2. The van der Waals surface area contributed by atoms with Crippen LogP contribution in [0.1, 0.15) is 28.8 Å². The van der Waals surface area contributed by atoms with Gasteiger partial charge in [0.1, 0.15) is 5.82 Å². The van der Waals surface area contributed by atoms with Crippen molar-refractivity contribution in [3.63, 3.8) is 0 Å². The summed E-state index contributed by atoms with van der Waals surface area (Å²) in [5.74, 6) is -0.181. The van der Waals surface area contributed by atoms with E-state index < -0.39 is 0 Å². The Labute approximate surface area is 117 Å². The molecule has 2 rings (SSSR count). The van der Waals surface area contributed by atoms with Gasteiger partial charge in [0.25, 0.3) is 0 Å². The molecule has 0 saturated heterocycles. The van der Waals surface area contributed by atoms with Gasteiger partial charge >= 0.3 is 0 Å². The third-order valence-corrected chi connectivity index (χ3v) is 3.19. The monoisotopic (exact) mass is 276 g/mol. The van der Waals surface area contributed by atoms with Crippen LogP contribution in [0.2, 0.25) is 5.02 Å². The summed E-state index contributed by atoms with van der Waals surface area (Å²) >= 11 is 5.82. The normalized spacial score (nSPS) is 10.4. The largest absolute Gasteiger partial charge is 0.294 e. The van der Waals surface area contributed by atoms with Gasteiger partial charge in [-0.2, -0.15) is 0 Å². The standard InChI is InChI=1S/C16H14ClFO/c17-14-9-10-15(18)13(11-14)7-4-8-16(19)12-5-2-1-3-6-12/h1-3,5-6,9-11H,4,7-8H2. The SMILES string of the molecule is O=C(CCCc1cc(Cl)ccc1F)c1ccccc1. The zero-order chi connectivity index (χ0) is 13.7. The van der Waals surface area contributed by atoms with Gasteiger partial charge in [0.05, 0.1) is 0 Å². The Bertz CT molecular complexity index is 566. The molecule has 0 saturated carbocycles. The summed E-state index contributed by atoms with van der Waals surface area (Å²) in [6, 6.07) is 13.6. The van der Waals surface area contributed by atoms with Crippen LogP contribution in [0.4, 0.5) is 4.39 Å². The Kier molecular flexibility index (Phi) is 4.69. The Hall–Kier alpha value is -1.67. The van der Waals surface area contributed by atoms with Crippen molar-refractivity contribution in [3.8, 4) is 0 Å². The van der Waals surface area contributed by atoms with E-state index >= 15 is 0 Å². The number of benzene rings is 2. The second-order valence-corrected chi connectivity index (χ2v) is 4.81. The van der Waals surface area contributed by atoms with Gasteiger partial charge in [0.15, 0.2) is 5.78 Å². The molecule has 0 aliphatic carbocycles. The lowest BCUT2D eigenvalue weighted by molar-refractivity contribution is 0.0980. The second kappa shape index (κ2) is 6.48. The molecule has 0 spiro atoms. The molecule has 0 aliphatic rings. The van der Waals surface area contributed by atoms with E-state index in [1.54, 1.807) is 18.2 Å². The van der Waals surface area contributed by atoms with Crippen LogP contribution in [-0.4, -0.2) is 5.78 Å².